The van der Waals surface area contributed by atoms with E-state index in [0.717, 1.165) is 0 Å². The first-order chi connectivity index (χ1) is 7.17. The molecule has 0 aliphatic carbocycles. The molecule has 0 fully saturated rings. The number of nitrogens with zero attached hydrogens (tertiary/aromatic N) is 1. The molecule has 0 aliphatic rings. The van der Waals surface area contributed by atoms with Gasteiger partial charge in [-0.2, -0.15) is 0 Å². The molecule has 5 nitrogen and oxygen atoms in total. The predicted molar refractivity (Wildman–Crippen MR) is 63.1 cm³/mol. The summed E-state index contributed by atoms with van der Waals surface area (Å²) in [6.07, 6.45) is -1.13. The van der Waals surface area contributed by atoms with Crippen molar-refractivity contribution in [3.63, 3.8) is 0 Å². The molecule has 0 heterocycles. The molecule has 0 saturated carbocycles. The van der Waals surface area contributed by atoms with Crippen molar-refractivity contribution >= 4 is 6.09 Å². The molecular formula is C11H24N2O3. The van der Waals surface area contributed by atoms with Crippen LogP contribution >= 0.6 is 0 Å². The minimum atomic E-state index is -0.713. The lowest BCUT2D eigenvalue weighted by Crippen LogP contribution is -2.46. The van der Waals surface area contributed by atoms with Gasteiger partial charge in [0.1, 0.15) is 5.60 Å². The third-order valence-corrected chi connectivity index (χ3v) is 1.93. The summed E-state index contributed by atoms with van der Waals surface area (Å²) >= 11 is 0. The SMILES string of the molecule is CC(C)N(CC(O)CN)C(=O)OC(C)(C)C. The maximum Gasteiger partial charge on any atom is 0.410 e. The topological polar surface area (TPSA) is 75.8 Å². The van der Waals surface area contributed by atoms with E-state index in [9.17, 15) is 9.90 Å². The molecule has 16 heavy (non-hydrogen) atoms. The minimum Gasteiger partial charge on any atom is -0.444 e. The lowest BCUT2D eigenvalue weighted by Gasteiger charge is -2.31. The van der Waals surface area contributed by atoms with E-state index >= 15 is 0 Å². The van der Waals surface area contributed by atoms with Crippen LogP contribution in [0, 0.1) is 0 Å². The van der Waals surface area contributed by atoms with Crippen molar-refractivity contribution in [1.82, 2.24) is 4.90 Å². The Bertz CT molecular complexity index is 224. The second kappa shape index (κ2) is 6.06. The van der Waals surface area contributed by atoms with Crippen LogP contribution in [-0.2, 0) is 4.74 Å². The van der Waals surface area contributed by atoms with Gasteiger partial charge in [0.2, 0.25) is 0 Å². The highest BCUT2D eigenvalue weighted by Crippen LogP contribution is 2.12. The van der Waals surface area contributed by atoms with E-state index in [1.807, 2.05) is 34.6 Å². The average molecular weight is 232 g/mol. The third kappa shape index (κ3) is 5.92. The van der Waals surface area contributed by atoms with Crippen LogP contribution < -0.4 is 5.73 Å². The number of amides is 1. The Hall–Kier alpha value is -0.810. The standard InChI is InChI=1S/C11H24N2O3/c1-8(2)13(7-9(14)6-12)10(15)16-11(3,4)5/h8-9,14H,6-7,12H2,1-5H3. The number of hydrogen-bond acceptors (Lipinski definition) is 4. The highest BCUT2D eigenvalue weighted by Gasteiger charge is 2.25. The molecule has 0 radical (unpaired) electrons. The maximum absolute atomic E-state index is 11.8. The molecule has 3 N–H and O–H groups in total. The van der Waals surface area contributed by atoms with Crippen molar-refractivity contribution in [2.75, 3.05) is 13.1 Å². The molecule has 0 bridgehead atoms. The van der Waals surface area contributed by atoms with Gasteiger partial charge >= 0.3 is 6.09 Å². The van der Waals surface area contributed by atoms with Gasteiger partial charge in [-0.3, -0.25) is 0 Å². The van der Waals surface area contributed by atoms with E-state index in [-0.39, 0.29) is 19.1 Å². The Morgan fingerprint density at radius 1 is 1.44 bits per heavy atom. The molecule has 0 rings (SSSR count). The fraction of sp³-hybridized carbons (Fsp3) is 0.909. The number of rotatable bonds is 4. The summed E-state index contributed by atoms with van der Waals surface area (Å²) in [5.74, 6) is 0. The van der Waals surface area contributed by atoms with Gasteiger partial charge in [-0.15, -0.1) is 0 Å². The van der Waals surface area contributed by atoms with Crippen LogP contribution in [0.5, 0.6) is 0 Å². The molecular weight excluding hydrogens is 208 g/mol. The van der Waals surface area contributed by atoms with Crippen LogP contribution in [0.4, 0.5) is 4.79 Å². The normalized spacial score (nSPS) is 13.8. The number of carbonyl (C=O) groups is 1. The third-order valence-electron chi connectivity index (χ3n) is 1.93. The number of hydrogen-bond donors (Lipinski definition) is 2. The highest BCUT2D eigenvalue weighted by atomic mass is 16.6. The zero-order valence-corrected chi connectivity index (χ0v) is 10.9. The van der Waals surface area contributed by atoms with Crippen LogP contribution in [0.1, 0.15) is 34.6 Å². The Kier molecular flexibility index (Phi) is 5.75. The lowest BCUT2D eigenvalue weighted by molar-refractivity contribution is 0.00838. The number of aliphatic hydroxyl groups is 1. The van der Waals surface area contributed by atoms with Gasteiger partial charge in [0.25, 0.3) is 0 Å². The first kappa shape index (κ1) is 15.2. The Balaban J connectivity index is 4.48. The van der Waals surface area contributed by atoms with Crippen LogP contribution in [0.15, 0.2) is 0 Å². The summed E-state index contributed by atoms with van der Waals surface area (Å²) in [5.41, 5.74) is 4.79. The fourth-order valence-corrected chi connectivity index (χ4v) is 1.12. The number of ether oxygens (including phenoxy) is 1. The molecule has 0 aromatic rings. The summed E-state index contributed by atoms with van der Waals surface area (Å²) < 4.78 is 5.24. The molecule has 96 valence electrons. The maximum atomic E-state index is 11.8. The van der Waals surface area contributed by atoms with E-state index in [1.54, 1.807) is 0 Å². The summed E-state index contributed by atoms with van der Waals surface area (Å²) in [6, 6.07) is -0.0314. The van der Waals surface area contributed by atoms with Crippen LogP contribution in [0.25, 0.3) is 0 Å². The largest absolute Gasteiger partial charge is 0.444 e. The van der Waals surface area contributed by atoms with Crippen LogP contribution in [0.3, 0.4) is 0 Å². The minimum absolute atomic E-state index is 0.0314. The molecule has 0 aliphatic heterocycles. The second-order valence-electron chi connectivity index (χ2n) is 5.12. The Labute approximate surface area is 97.6 Å². The zero-order chi connectivity index (χ0) is 12.9. The predicted octanol–water partition coefficient (Wildman–Crippen LogP) is 0.952. The summed E-state index contributed by atoms with van der Waals surface area (Å²) in [7, 11) is 0. The molecule has 1 atom stereocenters. The van der Waals surface area contributed by atoms with Crippen molar-refractivity contribution in [3.8, 4) is 0 Å². The van der Waals surface area contributed by atoms with Crippen molar-refractivity contribution in [1.29, 1.82) is 0 Å². The fourth-order valence-electron chi connectivity index (χ4n) is 1.12. The van der Waals surface area contributed by atoms with Gasteiger partial charge in [-0.25, -0.2) is 4.79 Å². The van der Waals surface area contributed by atoms with Gasteiger partial charge in [0.05, 0.1) is 12.6 Å². The van der Waals surface area contributed by atoms with Crippen molar-refractivity contribution in [2.24, 2.45) is 5.73 Å². The van der Waals surface area contributed by atoms with Gasteiger partial charge in [0.15, 0.2) is 0 Å². The summed E-state index contributed by atoms with van der Waals surface area (Å²) in [6.45, 7) is 9.49. The molecule has 1 amide bonds. The van der Waals surface area contributed by atoms with E-state index in [0.29, 0.717) is 0 Å². The van der Waals surface area contributed by atoms with Gasteiger partial charge < -0.3 is 20.5 Å². The number of aliphatic hydroxyl groups excluding tert-OH is 1. The molecule has 0 aromatic carbocycles. The first-order valence-electron chi connectivity index (χ1n) is 5.55. The smallest absolute Gasteiger partial charge is 0.410 e. The number of nitrogens with two attached hydrogens (primary N) is 1. The quantitative estimate of drug-likeness (QED) is 0.756. The molecule has 0 spiro atoms. The molecule has 5 heteroatoms. The first-order valence-corrected chi connectivity index (χ1v) is 5.55. The molecule has 0 saturated heterocycles. The number of carbonyl (C=O) groups excluding carboxylic acids is 1. The molecule has 0 aromatic heterocycles. The van der Waals surface area contributed by atoms with Gasteiger partial charge in [0, 0.05) is 12.6 Å². The highest BCUT2D eigenvalue weighted by molar-refractivity contribution is 5.68. The van der Waals surface area contributed by atoms with E-state index in [4.69, 9.17) is 10.5 Å². The Morgan fingerprint density at radius 2 is 1.94 bits per heavy atom. The second-order valence-corrected chi connectivity index (χ2v) is 5.12. The summed E-state index contributed by atoms with van der Waals surface area (Å²) in [5, 5.41) is 9.45. The van der Waals surface area contributed by atoms with Crippen molar-refractivity contribution < 1.29 is 14.6 Å². The molecule has 1 unspecified atom stereocenters. The van der Waals surface area contributed by atoms with E-state index in [1.165, 1.54) is 4.90 Å². The van der Waals surface area contributed by atoms with Crippen molar-refractivity contribution in [3.05, 3.63) is 0 Å². The van der Waals surface area contributed by atoms with Gasteiger partial charge in [-0.1, -0.05) is 0 Å². The zero-order valence-electron chi connectivity index (χ0n) is 10.9. The van der Waals surface area contributed by atoms with E-state index < -0.39 is 17.8 Å². The van der Waals surface area contributed by atoms with Crippen LogP contribution in [0.2, 0.25) is 0 Å². The van der Waals surface area contributed by atoms with Gasteiger partial charge in [-0.05, 0) is 34.6 Å². The van der Waals surface area contributed by atoms with Crippen LogP contribution in [-0.4, -0.2) is 46.9 Å². The monoisotopic (exact) mass is 232 g/mol. The van der Waals surface area contributed by atoms with Crippen molar-refractivity contribution in [2.45, 2.75) is 52.4 Å². The Morgan fingerprint density at radius 3 is 2.25 bits per heavy atom. The lowest BCUT2D eigenvalue weighted by atomic mass is 10.2. The summed E-state index contributed by atoms with van der Waals surface area (Å²) in [4.78, 5) is 13.3. The van der Waals surface area contributed by atoms with E-state index in [2.05, 4.69) is 0 Å². The average Bonchev–Trinajstić information content (AvgIpc) is 2.09.